The summed E-state index contributed by atoms with van der Waals surface area (Å²) in [5.74, 6) is 1.40. The van der Waals surface area contributed by atoms with Gasteiger partial charge in [0.2, 0.25) is 0 Å². The zero-order valence-corrected chi connectivity index (χ0v) is 12.4. The number of aromatic nitrogens is 1. The van der Waals surface area contributed by atoms with Gasteiger partial charge in [0.15, 0.2) is 0 Å². The Balaban J connectivity index is 1.84. The second kappa shape index (κ2) is 5.19. The minimum absolute atomic E-state index is 0.498. The summed E-state index contributed by atoms with van der Waals surface area (Å²) < 4.78 is 7.95. The van der Waals surface area contributed by atoms with Gasteiger partial charge in [-0.2, -0.15) is 0 Å². The molecule has 3 rings (SSSR count). The van der Waals surface area contributed by atoms with Crippen LogP contribution in [0.5, 0.6) is 5.75 Å². The molecule has 0 atom stereocenters. The Hall–Kier alpha value is -1.59. The van der Waals surface area contributed by atoms with E-state index in [2.05, 4.69) is 26.3 Å². The molecule has 2 heterocycles. The molecule has 0 unspecified atom stereocenters. The largest absolute Gasteiger partial charge is 0.489 e. The number of thiophene rings is 1. The molecule has 96 valence electrons. The van der Waals surface area contributed by atoms with Crippen molar-refractivity contribution in [2.24, 2.45) is 0 Å². The van der Waals surface area contributed by atoms with Gasteiger partial charge in [-0.3, -0.25) is 0 Å². The highest BCUT2D eigenvalue weighted by molar-refractivity contribution is 9.10. The smallest absolute Gasteiger partial charge is 0.132 e. The van der Waals surface area contributed by atoms with Crippen LogP contribution in [-0.4, -0.2) is 4.98 Å². The van der Waals surface area contributed by atoms with Crippen molar-refractivity contribution in [1.82, 2.24) is 4.98 Å². The molecule has 2 aromatic heterocycles. The number of hydrogen-bond donors (Lipinski definition) is 1. The minimum Gasteiger partial charge on any atom is -0.489 e. The first-order valence-corrected chi connectivity index (χ1v) is 7.40. The Labute approximate surface area is 123 Å². The molecule has 3 aromatic rings. The third-order valence-corrected chi connectivity index (χ3v) is 4.32. The van der Waals surface area contributed by atoms with Crippen LogP contribution in [0.2, 0.25) is 0 Å². The second-order valence-corrected chi connectivity index (χ2v) is 5.90. The summed E-state index contributed by atoms with van der Waals surface area (Å²) in [6.07, 6.45) is 1.73. The summed E-state index contributed by atoms with van der Waals surface area (Å²) in [6, 6.07) is 9.74. The van der Waals surface area contributed by atoms with Crippen LogP contribution < -0.4 is 10.5 Å². The van der Waals surface area contributed by atoms with Crippen LogP contribution in [0.4, 0.5) is 5.82 Å². The van der Waals surface area contributed by atoms with Crippen LogP contribution in [0.1, 0.15) is 5.56 Å². The number of anilines is 1. The van der Waals surface area contributed by atoms with Crippen molar-refractivity contribution in [3.8, 4) is 5.75 Å². The molecule has 0 spiro atoms. The molecule has 0 aliphatic rings. The molecule has 2 N–H and O–H groups in total. The van der Waals surface area contributed by atoms with E-state index < -0.39 is 0 Å². The summed E-state index contributed by atoms with van der Waals surface area (Å²) in [4.78, 5) is 4.13. The van der Waals surface area contributed by atoms with Gasteiger partial charge in [-0.25, -0.2) is 4.98 Å². The SMILES string of the molecule is Nc1nccc2scc(COc3ccc(Br)cc3)c12. The van der Waals surface area contributed by atoms with E-state index in [0.29, 0.717) is 12.4 Å². The van der Waals surface area contributed by atoms with Crippen LogP contribution >= 0.6 is 27.3 Å². The van der Waals surface area contributed by atoms with Crippen molar-refractivity contribution in [3.63, 3.8) is 0 Å². The van der Waals surface area contributed by atoms with E-state index in [1.54, 1.807) is 17.5 Å². The van der Waals surface area contributed by atoms with Gasteiger partial charge in [-0.05, 0) is 35.7 Å². The quantitative estimate of drug-likeness (QED) is 0.780. The highest BCUT2D eigenvalue weighted by Gasteiger charge is 2.08. The number of nitrogens with two attached hydrogens (primary N) is 1. The Morgan fingerprint density at radius 1 is 1.21 bits per heavy atom. The van der Waals surface area contributed by atoms with Crippen molar-refractivity contribution in [1.29, 1.82) is 0 Å². The maximum Gasteiger partial charge on any atom is 0.132 e. The molecule has 0 saturated carbocycles. The number of ether oxygens (including phenoxy) is 1. The lowest BCUT2D eigenvalue weighted by Gasteiger charge is -2.06. The van der Waals surface area contributed by atoms with Crippen LogP contribution in [0.25, 0.3) is 10.1 Å². The molecule has 0 saturated heterocycles. The van der Waals surface area contributed by atoms with Gasteiger partial charge in [0.1, 0.15) is 18.2 Å². The maximum absolute atomic E-state index is 5.92. The van der Waals surface area contributed by atoms with Gasteiger partial charge in [0.05, 0.1) is 0 Å². The fraction of sp³-hybridized carbons (Fsp3) is 0.0714. The molecule has 0 aliphatic carbocycles. The molecule has 1 aromatic carbocycles. The number of fused-ring (bicyclic) bond motifs is 1. The van der Waals surface area contributed by atoms with E-state index in [1.807, 2.05) is 30.3 Å². The summed E-state index contributed by atoms with van der Waals surface area (Å²) >= 11 is 5.06. The lowest BCUT2D eigenvalue weighted by Crippen LogP contribution is -1.97. The summed E-state index contributed by atoms with van der Waals surface area (Å²) in [7, 11) is 0. The van der Waals surface area contributed by atoms with E-state index >= 15 is 0 Å². The van der Waals surface area contributed by atoms with E-state index in [4.69, 9.17) is 10.5 Å². The first-order valence-electron chi connectivity index (χ1n) is 5.73. The number of hydrogen-bond acceptors (Lipinski definition) is 4. The molecule has 0 fully saturated rings. The number of nitrogen functional groups attached to an aromatic ring is 1. The monoisotopic (exact) mass is 334 g/mol. The molecule has 0 radical (unpaired) electrons. The fourth-order valence-corrected chi connectivity index (χ4v) is 3.08. The summed E-state index contributed by atoms with van der Waals surface area (Å²) in [5, 5.41) is 3.08. The van der Waals surface area contributed by atoms with Crippen molar-refractivity contribution < 1.29 is 4.74 Å². The van der Waals surface area contributed by atoms with Crippen LogP contribution in [0, 0.1) is 0 Å². The Morgan fingerprint density at radius 3 is 2.79 bits per heavy atom. The molecule has 0 aliphatic heterocycles. The lowest BCUT2D eigenvalue weighted by atomic mass is 10.2. The first-order chi connectivity index (χ1) is 9.24. The molecular formula is C14H11BrN2OS. The number of pyridine rings is 1. The predicted octanol–water partition coefficient (Wildman–Crippen LogP) is 4.22. The van der Waals surface area contributed by atoms with Gasteiger partial charge in [-0.15, -0.1) is 11.3 Å². The first kappa shape index (κ1) is 12.4. The molecule has 0 amide bonds. The van der Waals surface area contributed by atoms with Gasteiger partial charge in [0.25, 0.3) is 0 Å². The van der Waals surface area contributed by atoms with Crippen molar-refractivity contribution in [2.75, 3.05) is 5.73 Å². The zero-order valence-electron chi connectivity index (χ0n) is 9.97. The van der Waals surface area contributed by atoms with E-state index in [1.165, 1.54) is 0 Å². The van der Waals surface area contributed by atoms with Crippen molar-refractivity contribution in [3.05, 3.63) is 51.9 Å². The van der Waals surface area contributed by atoms with Gasteiger partial charge in [0, 0.05) is 26.3 Å². The third kappa shape index (κ3) is 2.57. The Bertz CT molecular complexity index is 709. The van der Waals surface area contributed by atoms with Gasteiger partial charge in [-0.1, -0.05) is 15.9 Å². The average Bonchev–Trinajstić information content (AvgIpc) is 2.83. The number of halogens is 1. The Morgan fingerprint density at radius 2 is 2.00 bits per heavy atom. The molecular weight excluding hydrogens is 324 g/mol. The summed E-state index contributed by atoms with van der Waals surface area (Å²) in [5.41, 5.74) is 7.00. The van der Waals surface area contributed by atoms with E-state index in [-0.39, 0.29) is 0 Å². The topological polar surface area (TPSA) is 48.1 Å². The van der Waals surface area contributed by atoms with Crippen molar-refractivity contribution in [2.45, 2.75) is 6.61 Å². The van der Waals surface area contributed by atoms with Crippen LogP contribution in [-0.2, 0) is 6.61 Å². The highest BCUT2D eigenvalue weighted by Crippen LogP contribution is 2.30. The third-order valence-electron chi connectivity index (χ3n) is 2.80. The molecule has 0 bridgehead atoms. The lowest BCUT2D eigenvalue weighted by molar-refractivity contribution is 0.308. The molecule has 3 nitrogen and oxygen atoms in total. The van der Waals surface area contributed by atoms with E-state index in [0.717, 1.165) is 25.9 Å². The maximum atomic E-state index is 5.92. The van der Waals surface area contributed by atoms with Gasteiger partial charge >= 0.3 is 0 Å². The number of rotatable bonds is 3. The van der Waals surface area contributed by atoms with Gasteiger partial charge < -0.3 is 10.5 Å². The zero-order chi connectivity index (χ0) is 13.2. The summed E-state index contributed by atoms with van der Waals surface area (Å²) in [6.45, 7) is 0.498. The normalized spacial score (nSPS) is 10.8. The fourth-order valence-electron chi connectivity index (χ4n) is 1.87. The molecule has 19 heavy (non-hydrogen) atoms. The van der Waals surface area contributed by atoms with E-state index in [9.17, 15) is 0 Å². The minimum atomic E-state index is 0.498. The molecule has 5 heteroatoms. The van der Waals surface area contributed by atoms with Crippen LogP contribution in [0.15, 0.2) is 46.4 Å². The standard InChI is InChI=1S/C14H11BrN2OS/c15-10-1-3-11(4-2-10)18-7-9-8-19-12-5-6-17-14(16)13(9)12/h1-6,8H,7H2,(H2,16,17). The second-order valence-electron chi connectivity index (χ2n) is 4.07. The highest BCUT2D eigenvalue weighted by atomic mass is 79.9. The number of nitrogens with zero attached hydrogens (tertiary/aromatic N) is 1. The predicted molar refractivity (Wildman–Crippen MR) is 82.5 cm³/mol. The van der Waals surface area contributed by atoms with Crippen LogP contribution in [0.3, 0.4) is 0 Å². The number of benzene rings is 1. The average molecular weight is 335 g/mol. The van der Waals surface area contributed by atoms with Crippen molar-refractivity contribution >= 4 is 43.2 Å². The Kier molecular flexibility index (Phi) is 3.40.